The van der Waals surface area contributed by atoms with E-state index in [1.807, 2.05) is 30.3 Å². The zero-order valence-electron chi connectivity index (χ0n) is 18.0. The Morgan fingerprint density at radius 3 is 2.52 bits per heavy atom. The Bertz CT molecular complexity index is 1080. The van der Waals surface area contributed by atoms with Crippen molar-refractivity contribution in [1.82, 2.24) is 15.3 Å². The first kappa shape index (κ1) is 22.7. The van der Waals surface area contributed by atoms with E-state index in [0.717, 1.165) is 31.6 Å². The fraction of sp³-hybridized carbons (Fsp3) is 0.381. The highest BCUT2D eigenvalue weighted by molar-refractivity contribution is 6.31. The van der Waals surface area contributed by atoms with Crippen LogP contribution in [-0.4, -0.2) is 64.4 Å². The topological polar surface area (TPSA) is 174 Å². The molecule has 4 heterocycles. The van der Waals surface area contributed by atoms with Crippen LogP contribution in [0, 0.1) is 5.92 Å². The molecule has 2 aromatic rings. The first-order valence-electron chi connectivity index (χ1n) is 10.7. The monoisotopic (exact) mass is 472 g/mol. The molecule has 3 aliphatic rings. The van der Waals surface area contributed by atoms with Gasteiger partial charge in [0, 0.05) is 18.5 Å². The van der Waals surface area contributed by atoms with Crippen molar-refractivity contribution >= 4 is 46.7 Å². The second kappa shape index (κ2) is 9.20. The summed E-state index contributed by atoms with van der Waals surface area (Å²) in [5.74, 6) is -0.680. The van der Waals surface area contributed by atoms with E-state index in [1.54, 1.807) is 0 Å². The molecule has 0 aliphatic carbocycles. The van der Waals surface area contributed by atoms with Crippen molar-refractivity contribution in [2.75, 3.05) is 43.0 Å². The van der Waals surface area contributed by atoms with E-state index in [2.05, 4.69) is 25.6 Å². The van der Waals surface area contributed by atoms with E-state index in [-0.39, 0.29) is 40.4 Å². The number of piperidine rings is 3. The molecule has 0 saturated carbocycles. The first-order valence-corrected chi connectivity index (χ1v) is 11.1. The summed E-state index contributed by atoms with van der Waals surface area (Å²) in [5.41, 5.74) is 17.8. The SMILES string of the molecule is N/C(=N\C(=O)c1nc(Cl)c(N)nc1N)NC1C[N+]2(CC(=O)Nc3ccccc3)CCC1CC2. The Kier molecular flexibility index (Phi) is 6.34. The van der Waals surface area contributed by atoms with Crippen molar-refractivity contribution in [1.29, 1.82) is 0 Å². The molecule has 0 spiro atoms. The molecule has 1 aromatic heterocycles. The zero-order chi connectivity index (χ0) is 23.6. The molecule has 3 saturated heterocycles. The Hall–Kier alpha value is -3.44. The second-order valence-corrected chi connectivity index (χ2v) is 8.93. The Morgan fingerprint density at radius 1 is 1.12 bits per heavy atom. The predicted molar refractivity (Wildman–Crippen MR) is 126 cm³/mol. The lowest BCUT2D eigenvalue weighted by Crippen LogP contribution is -2.69. The van der Waals surface area contributed by atoms with Crippen LogP contribution in [0.5, 0.6) is 0 Å². The van der Waals surface area contributed by atoms with E-state index in [1.165, 1.54) is 0 Å². The number of halogens is 1. The second-order valence-electron chi connectivity index (χ2n) is 8.57. The van der Waals surface area contributed by atoms with Gasteiger partial charge in [-0.05, 0) is 18.1 Å². The standard InChI is InChI=1S/C21H26ClN9O2/c22-17-19(24)29-18(23)16(28-17)20(33)30-21(25)27-14-10-31(8-6-12(14)7-9-31)11-15(32)26-13-4-2-1-3-5-13/h1-5,12,14H,6-11H2,(H7-,23,24,25,26,27,29,30,32,33)/p+1. The number of carbonyl (C=O) groups excluding carboxylic acids is 2. The number of rotatable bonds is 5. The van der Waals surface area contributed by atoms with Gasteiger partial charge in [-0.25, -0.2) is 9.97 Å². The normalized spacial score (nSPS) is 24.3. The van der Waals surface area contributed by atoms with E-state index >= 15 is 0 Å². The van der Waals surface area contributed by atoms with Crippen LogP contribution >= 0.6 is 11.6 Å². The van der Waals surface area contributed by atoms with E-state index in [4.69, 9.17) is 28.8 Å². The summed E-state index contributed by atoms with van der Waals surface area (Å²) < 4.78 is 0.667. The third-order valence-electron chi connectivity index (χ3n) is 6.30. The summed E-state index contributed by atoms with van der Waals surface area (Å²) in [5, 5.41) is 5.99. The van der Waals surface area contributed by atoms with Crippen LogP contribution in [0.4, 0.5) is 17.3 Å². The lowest BCUT2D eigenvalue weighted by molar-refractivity contribution is -0.936. The molecule has 12 heteroatoms. The lowest BCUT2D eigenvalue weighted by atomic mass is 9.81. The molecule has 174 valence electrons. The van der Waals surface area contributed by atoms with Gasteiger partial charge in [0.1, 0.15) is 0 Å². The van der Waals surface area contributed by atoms with Gasteiger partial charge in [-0.15, -0.1) is 0 Å². The molecule has 8 N–H and O–H groups in total. The van der Waals surface area contributed by atoms with Crippen LogP contribution in [0.25, 0.3) is 0 Å². The Morgan fingerprint density at radius 2 is 1.82 bits per heavy atom. The smallest absolute Gasteiger partial charge is 0.302 e. The number of nitrogens with zero attached hydrogens (tertiary/aromatic N) is 4. The van der Waals surface area contributed by atoms with E-state index in [9.17, 15) is 9.59 Å². The van der Waals surface area contributed by atoms with Crippen LogP contribution in [0.1, 0.15) is 23.3 Å². The zero-order valence-corrected chi connectivity index (χ0v) is 18.8. The van der Waals surface area contributed by atoms with Gasteiger partial charge in [-0.3, -0.25) is 9.59 Å². The summed E-state index contributed by atoms with van der Waals surface area (Å²) in [6.45, 7) is 2.95. The maximum absolute atomic E-state index is 12.7. The predicted octanol–water partition coefficient (Wildman–Crippen LogP) is 0.587. The highest BCUT2D eigenvalue weighted by Gasteiger charge is 2.47. The number of anilines is 3. The molecule has 5 rings (SSSR count). The van der Waals surface area contributed by atoms with Crippen LogP contribution in [0.3, 0.4) is 0 Å². The van der Waals surface area contributed by atoms with Gasteiger partial charge in [0.2, 0.25) is 0 Å². The highest BCUT2D eigenvalue weighted by Crippen LogP contribution is 2.34. The summed E-state index contributed by atoms with van der Waals surface area (Å²) in [6.07, 6.45) is 1.92. The maximum Gasteiger partial charge on any atom is 0.302 e. The largest absolute Gasteiger partial charge is 0.382 e. The maximum atomic E-state index is 12.7. The molecule has 11 nitrogen and oxygen atoms in total. The quantitative estimate of drug-likeness (QED) is 0.238. The van der Waals surface area contributed by atoms with Gasteiger partial charge >= 0.3 is 5.91 Å². The fourth-order valence-corrected chi connectivity index (χ4v) is 4.81. The van der Waals surface area contributed by atoms with E-state index < -0.39 is 5.91 Å². The number of aromatic nitrogens is 2. The number of nitrogen functional groups attached to an aromatic ring is 2. The van der Waals surface area contributed by atoms with Gasteiger partial charge in [-0.1, -0.05) is 29.8 Å². The molecule has 0 radical (unpaired) electrons. The number of carbonyl (C=O) groups is 2. The lowest BCUT2D eigenvalue weighted by Gasteiger charge is -2.52. The van der Waals surface area contributed by atoms with Gasteiger partial charge < -0.3 is 32.3 Å². The first-order chi connectivity index (χ1) is 15.7. The van der Waals surface area contributed by atoms with Crippen LogP contribution in [0.15, 0.2) is 35.3 Å². The minimum absolute atomic E-state index is 0.00740. The Labute approximate surface area is 196 Å². The highest BCUT2D eigenvalue weighted by atomic mass is 35.5. The van der Waals surface area contributed by atoms with Gasteiger partial charge in [0.25, 0.3) is 5.91 Å². The summed E-state index contributed by atoms with van der Waals surface area (Å²) >= 11 is 5.84. The van der Waals surface area contributed by atoms with Crippen LogP contribution in [0.2, 0.25) is 5.15 Å². The van der Waals surface area contributed by atoms with Crippen molar-refractivity contribution in [3.8, 4) is 0 Å². The minimum atomic E-state index is -0.765. The molecule has 33 heavy (non-hydrogen) atoms. The molecule has 3 aliphatic heterocycles. The third-order valence-corrected chi connectivity index (χ3v) is 6.58. The number of guanidine groups is 1. The average Bonchev–Trinajstić information content (AvgIpc) is 2.77. The van der Waals surface area contributed by atoms with Crippen LogP contribution < -0.4 is 27.8 Å². The van der Waals surface area contributed by atoms with Crippen molar-refractivity contribution in [3.63, 3.8) is 0 Å². The number of para-hydroxylation sites is 1. The minimum Gasteiger partial charge on any atom is -0.382 e. The van der Waals surface area contributed by atoms with Gasteiger partial charge in [0.05, 0.1) is 25.7 Å². The molecule has 1 aromatic carbocycles. The number of nitrogens with one attached hydrogen (secondary N) is 2. The van der Waals surface area contributed by atoms with Crippen molar-refractivity contribution < 1.29 is 14.1 Å². The van der Waals surface area contributed by atoms with Gasteiger partial charge in [-0.2, -0.15) is 4.99 Å². The molecule has 2 amide bonds. The molecule has 2 bridgehead atoms. The third kappa shape index (κ3) is 5.15. The molecule has 3 fully saturated rings. The summed E-state index contributed by atoms with van der Waals surface area (Å²) in [7, 11) is 0. The van der Waals surface area contributed by atoms with E-state index in [0.29, 0.717) is 23.5 Å². The number of benzene rings is 1. The van der Waals surface area contributed by atoms with Crippen molar-refractivity contribution in [2.45, 2.75) is 18.9 Å². The number of aliphatic imine (C=N–C) groups is 1. The number of nitrogens with two attached hydrogens (primary N) is 3. The molecular formula is C21H27ClN9O2+. The summed E-state index contributed by atoms with van der Waals surface area (Å²) in [6, 6.07) is 9.40. The fourth-order valence-electron chi connectivity index (χ4n) is 4.68. The number of quaternary nitrogens is 1. The van der Waals surface area contributed by atoms with Gasteiger partial charge in [0.15, 0.2) is 35.0 Å². The van der Waals surface area contributed by atoms with Crippen LogP contribution in [-0.2, 0) is 4.79 Å². The van der Waals surface area contributed by atoms with Crippen molar-refractivity contribution in [3.05, 3.63) is 41.2 Å². The molecule has 1 atom stereocenters. The number of fused-ring (bicyclic) bond motifs is 3. The summed E-state index contributed by atoms with van der Waals surface area (Å²) in [4.78, 5) is 36.7. The number of hydrogen-bond donors (Lipinski definition) is 5. The molecule has 1 unspecified atom stereocenters. The average molecular weight is 473 g/mol. The number of hydrogen-bond acceptors (Lipinski definition) is 6. The number of amides is 2. The Balaban J connectivity index is 1.41. The van der Waals surface area contributed by atoms with Crippen molar-refractivity contribution in [2.24, 2.45) is 16.6 Å². The molecular weight excluding hydrogens is 446 g/mol.